The molecule has 150 valence electrons. The molecule has 4 amide bonds. The number of para-hydroxylation sites is 1. The number of imide groups is 1. The van der Waals surface area contributed by atoms with Gasteiger partial charge in [0.05, 0.1) is 5.69 Å². The molecule has 1 aromatic carbocycles. The Labute approximate surface area is 170 Å². The van der Waals surface area contributed by atoms with Crippen LogP contribution in [0.4, 0.5) is 10.5 Å². The molecule has 2 aliphatic heterocycles. The van der Waals surface area contributed by atoms with Gasteiger partial charge in [-0.05, 0) is 31.4 Å². The Balaban J connectivity index is 1.53. The smallest absolute Gasteiger partial charge is 0.323 e. The van der Waals surface area contributed by atoms with Crippen molar-refractivity contribution in [1.29, 1.82) is 0 Å². The molecule has 6 nitrogen and oxygen atoms in total. The monoisotopic (exact) mass is 401 g/mol. The average Bonchev–Trinajstić information content (AvgIpc) is 2.90. The number of carbonyl (C=O) groups is 3. The van der Waals surface area contributed by atoms with Crippen molar-refractivity contribution in [3.63, 3.8) is 0 Å². The summed E-state index contributed by atoms with van der Waals surface area (Å²) in [7, 11) is 0. The largest absolute Gasteiger partial charge is 0.325 e. The first-order valence-corrected chi connectivity index (χ1v) is 11.1. The highest BCUT2D eigenvalue weighted by atomic mass is 32.2. The summed E-state index contributed by atoms with van der Waals surface area (Å²) in [6.45, 7) is 2.56. The first-order valence-electron chi connectivity index (χ1n) is 10.2. The second-order valence-electron chi connectivity index (χ2n) is 8.05. The van der Waals surface area contributed by atoms with Crippen LogP contribution in [0.2, 0.25) is 0 Å². The van der Waals surface area contributed by atoms with E-state index in [1.165, 1.54) is 0 Å². The van der Waals surface area contributed by atoms with Crippen LogP contribution in [0.25, 0.3) is 0 Å². The predicted octanol–water partition coefficient (Wildman–Crippen LogP) is 3.55. The van der Waals surface area contributed by atoms with Crippen molar-refractivity contribution < 1.29 is 14.4 Å². The Morgan fingerprint density at radius 2 is 1.89 bits per heavy atom. The molecule has 1 N–H and O–H groups in total. The number of nitrogens with one attached hydrogen (secondary N) is 1. The van der Waals surface area contributed by atoms with E-state index in [-0.39, 0.29) is 18.4 Å². The molecule has 2 heterocycles. The van der Waals surface area contributed by atoms with Crippen LogP contribution in [-0.2, 0) is 9.59 Å². The van der Waals surface area contributed by atoms with Crippen molar-refractivity contribution in [2.45, 2.75) is 67.6 Å². The summed E-state index contributed by atoms with van der Waals surface area (Å²) in [5, 5.41) is 3.33. The number of thioether (sulfide) groups is 1. The number of hydrogen-bond acceptors (Lipinski definition) is 4. The number of rotatable bonds is 2. The third kappa shape index (κ3) is 3.52. The molecule has 0 unspecified atom stereocenters. The van der Waals surface area contributed by atoms with Crippen molar-refractivity contribution in [3.05, 3.63) is 24.3 Å². The van der Waals surface area contributed by atoms with E-state index in [2.05, 4.69) is 12.2 Å². The zero-order valence-electron chi connectivity index (χ0n) is 16.3. The molecule has 1 aromatic rings. The van der Waals surface area contributed by atoms with E-state index in [9.17, 15) is 14.4 Å². The molecule has 1 atom stereocenters. The van der Waals surface area contributed by atoms with Gasteiger partial charge in [-0.2, -0.15) is 0 Å². The SMILES string of the molecule is C[C@@H]1CCN(C(=O)CN2C(=O)NC3(CCCCCC3)C2=O)c2ccccc2S1. The standard InChI is InChI=1S/C21H27N3O3S/c1-15-10-13-23(16-8-4-5-9-17(16)28-15)18(25)14-24-19(26)21(22-20(24)27)11-6-2-3-7-12-21/h4-5,8-9,15H,2-3,6-7,10-14H2,1H3,(H,22,27)/t15-/m1/s1. The lowest BCUT2D eigenvalue weighted by molar-refractivity contribution is -0.134. The minimum absolute atomic E-state index is 0.195. The average molecular weight is 402 g/mol. The van der Waals surface area contributed by atoms with Gasteiger partial charge < -0.3 is 10.2 Å². The van der Waals surface area contributed by atoms with Gasteiger partial charge in [0, 0.05) is 16.7 Å². The van der Waals surface area contributed by atoms with Crippen LogP contribution in [-0.4, -0.2) is 46.6 Å². The number of nitrogens with zero attached hydrogens (tertiary/aromatic N) is 2. The number of hydrogen-bond donors (Lipinski definition) is 1. The van der Waals surface area contributed by atoms with Crippen molar-refractivity contribution >= 4 is 35.3 Å². The molecule has 2 fully saturated rings. The van der Waals surface area contributed by atoms with E-state index >= 15 is 0 Å². The van der Waals surface area contributed by atoms with Gasteiger partial charge in [-0.1, -0.05) is 44.7 Å². The molecule has 0 aromatic heterocycles. The van der Waals surface area contributed by atoms with Gasteiger partial charge in [0.25, 0.3) is 5.91 Å². The molecule has 1 spiro atoms. The molecule has 7 heteroatoms. The summed E-state index contributed by atoms with van der Waals surface area (Å²) in [5.41, 5.74) is 0.0765. The zero-order chi connectivity index (χ0) is 19.7. The van der Waals surface area contributed by atoms with Crippen LogP contribution in [0.15, 0.2) is 29.2 Å². The van der Waals surface area contributed by atoms with E-state index in [0.29, 0.717) is 24.6 Å². The second-order valence-corrected chi connectivity index (χ2v) is 9.53. The van der Waals surface area contributed by atoms with Crippen LogP contribution in [0, 0.1) is 0 Å². The van der Waals surface area contributed by atoms with Crippen molar-refractivity contribution in [1.82, 2.24) is 10.2 Å². The molecule has 0 bridgehead atoms. The molecule has 1 saturated carbocycles. The maximum atomic E-state index is 13.1. The Kier molecular flexibility index (Phi) is 5.36. The van der Waals surface area contributed by atoms with Gasteiger partial charge >= 0.3 is 6.03 Å². The minimum atomic E-state index is -0.797. The lowest BCUT2D eigenvalue weighted by atomic mass is 9.90. The van der Waals surface area contributed by atoms with Gasteiger partial charge in [-0.3, -0.25) is 14.5 Å². The van der Waals surface area contributed by atoms with E-state index in [1.807, 2.05) is 24.3 Å². The Morgan fingerprint density at radius 3 is 2.64 bits per heavy atom. The van der Waals surface area contributed by atoms with Gasteiger partial charge in [-0.25, -0.2) is 4.79 Å². The van der Waals surface area contributed by atoms with Crippen LogP contribution in [0.1, 0.15) is 51.9 Å². The van der Waals surface area contributed by atoms with Gasteiger partial charge in [0.15, 0.2) is 0 Å². The number of urea groups is 1. The maximum absolute atomic E-state index is 13.1. The molecular weight excluding hydrogens is 374 g/mol. The quantitative estimate of drug-likeness (QED) is 0.770. The summed E-state index contributed by atoms with van der Waals surface area (Å²) in [6.07, 6.45) is 6.25. The lowest BCUT2D eigenvalue weighted by Gasteiger charge is -2.26. The highest BCUT2D eigenvalue weighted by Gasteiger charge is 2.51. The lowest BCUT2D eigenvalue weighted by Crippen LogP contribution is -2.47. The minimum Gasteiger partial charge on any atom is -0.323 e. The first-order chi connectivity index (χ1) is 13.5. The zero-order valence-corrected chi connectivity index (χ0v) is 17.1. The maximum Gasteiger partial charge on any atom is 0.325 e. The molecule has 28 heavy (non-hydrogen) atoms. The topological polar surface area (TPSA) is 69.7 Å². The number of benzene rings is 1. The summed E-state index contributed by atoms with van der Waals surface area (Å²) in [5.74, 6) is -0.421. The highest BCUT2D eigenvalue weighted by Crippen LogP contribution is 2.38. The fourth-order valence-corrected chi connectivity index (χ4v) is 5.57. The summed E-state index contributed by atoms with van der Waals surface area (Å²) < 4.78 is 0. The number of amides is 4. The molecule has 0 radical (unpaired) electrons. The first kappa shape index (κ1) is 19.3. The van der Waals surface area contributed by atoms with E-state index in [4.69, 9.17) is 0 Å². The van der Waals surface area contributed by atoms with E-state index in [0.717, 1.165) is 47.6 Å². The molecular formula is C21H27N3O3S. The fraction of sp³-hybridized carbons (Fsp3) is 0.571. The Morgan fingerprint density at radius 1 is 1.18 bits per heavy atom. The fourth-order valence-electron chi connectivity index (χ4n) is 4.46. The second kappa shape index (κ2) is 7.78. The van der Waals surface area contributed by atoms with Crippen LogP contribution in [0.5, 0.6) is 0 Å². The molecule has 4 rings (SSSR count). The van der Waals surface area contributed by atoms with E-state index in [1.54, 1.807) is 16.7 Å². The summed E-state index contributed by atoms with van der Waals surface area (Å²) in [6, 6.07) is 7.43. The van der Waals surface area contributed by atoms with Crippen molar-refractivity contribution in [3.8, 4) is 0 Å². The third-order valence-corrected chi connectivity index (χ3v) is 7.28. The van der Waals surface area contributed by atoms with Gasteiger partial charge in [0.2, 0.25) is 5.91 Å². The summed E-state index contributed by atoms with van der Waals surface area (Å²) >= 11 is 1.76. The Bertz CT molecular complexity index is 789. The van der Waals surface area contributed by atoms with E-state index < -0.39 is 11.6 Å². The van der Waals surface area contributed by atoms with Crippen LogP contribution in [0.3, 0.4) is 0 Å². The van der Waals surface area contributed by atoms with Crippen molar-refractivity contribution in [2.24, 2.45) is 0 Å². The Hall–Kier alpha value is -2.02. The van der Waals surface area contributed by atoms with Crippen LogP contribution >= 0.6 is 11.8 Å². The van der Waals surface area contributed by atoms with Crippen LogP contribution < -0.4 is 10.2 Å². The van der Waals surface area contributed by atoms with Gasteiger partial charge in [-0.15, -0.1) is 11.8 Å². The van der Waals surface area contributed by atoms with Crippen molar-refractivity contribution in [2.75, 3.05) is 18.0 Å². The molecule has 3 aliphatic rings. The normalized spacial score (nSPS) is 24.5. The number of fused-ring (bicyclic) bond motifs is 1. The predicted molar refractivity (Wildman–Crippen MR) is 109 cm³/mol. The highest BCUT2D eigenvalue weighted by molar-refractivity contribution is 8.00. The molecule has 1 aliphatic carbocycles. The van der Waals surface area contributed by atoms with Gasteiger partial charge in [0.1, 0.15) is 12.1 Å². The summed E-state index contributed by atoms with van der Waals surface area (Å²) in [4.78, 5) is 42.8. The number of anilines is 1. The third-order valence-electron chi connectivity index (χ3n) is 6.04. The number of carbonyl (C=O) groups excluding carboxylic acids is 3. The molecule has 1 saturated heterocycles.